The second kappa shape index (κ2) is 7.74. The lowest BCUT2D eigenvalue weighted by atomic mass is 10.2. The van der Waals surface area contributed by atoms with Crippen LogP contribution in [0.2, 0.25) is 5.02 Å². The third kappa shape index (κ3) is 4.11. The predicted molar refractivity (Wildman–Crippen MR) is 96.1 cm³/mol. The van der Waals surface area contributed by atoms with Crippen molar-refractivity contribution < 1.29 is 4.74 Å². The molecule has 3 rings (SSSR count). The fraction of sp³-hybridized carbons (Fsp3) is 0.312. The van der Waals surface area contributed by atoms with Crippen LogP contribution in [0.4, 0.5) is 5.13 Å². The van der Waals surface area contributed by atoms with E-state index in [4.69, 9.17) is 16.3 Å². The van der Waals surface area contributed by atoms with Gasteiger partial charge < -0.3 is 10.1 Å². The molecule has 8 heteroatoms. The van der Waals surface area contributed by atoms with Crippen LogP contribution in [0.1, 0.15) is 18.2 Å². The number of rotatable bonds is 7. The van der Waals surface area contributed by atoms with E-state index in [1.54, 1.807) is 0 Å². The van der Waals surface area contributed by atoms with Crippen molar-refractivity contribution in [1.29, 1.82) is 0 Å². The fourth-order valence-electron chi connectivity index (χ4n) is 2.11. The van der Waals surface area contributed by atoms with E-state index >= 15 is 0 Å². The molecular weight excluding hydrogens is 348 g/mol. The van der Waals surface area contributed by atoms with Gasteiger partial charge >= 0.3 is 0 Å². The Bertz CT molecular complexity index is 876. The minimum atomic E-state index is -0.153. The van der Waals surface area contributed by atoms with Crippen LogP contribution in [0.5, 0.6) is 0 Å². The molecule has 0 aliphatic rings. The SMILES string of the molecule is CCc1cc(=O)n2nc(NCCOCc3ccc(Cl)cc3)sc2n1. The maximum absolute atomic E-state index is 11.9. The van der Waals surface area contributed by atoms with Crippen LogP contribution in [-0.4, -0.2) is 27.7 Å². The van der Waals surface area contributed by atoms with Crippen molar-refractivity contribution >= 4 is 33.0 Å². The number of nitrogens with one attached hydrogen (secondary N) is 1. The number of halogens is 1. The molecule has 1 N–H and O–H groups in total. The van der Waals surface area contributed by atoms with Crippen LogP contribution in [-0.2, 0) is 17.8 Å². The Morgan fingerprint density at radius 3 is 2.88 bits per heavy atom. The molecule has 0 saturated carbocycles. The average molecular weight is 365 g/mol. The summed E-state index contributed by atoms with van der Waals surface area (Å²) in [5.41, 5.74) is 1.70. The minimum absolute atomic E-state index is 0.153. The maximum Gasteiger partial charge on any atom is 0.275 e. The maximum atomic E-state index is 11.9. The number of nitrogens with zero attached hydrogens (tertiary/aromatic N) is 3. The lowest BCUT2D eigenvalue weighted by Gasteiger charge is -2.05. The van der Waals surface area contributed by atoms with E-state index in [1.165, 1.54) is 21.9 Å². The first-order valence-electron chi connectivity index (χ1n) is 7.61. The van der Waals surface area contributed by atoms with E-state index in [-0.39, 0.29) is 5.56 Å². The first kappa shape index (κ1) is 16.9. The number of anilines is 1. The van der Waals surface area contributed by atoms with Gasteiger partial charge in [-0.25, -0.2) is 4.98 Å². The van der Waals surface area contributed by atoms with Crippen LogP contribution in [0.25, 0.3) is 4.96 Å². The number of hydrogen-bond donors (Lipinski definition) is 1. The second-order valence-electron chi connectivity index (χ2n) is 5.15. The molecule has 0 radical (unpaired) electrons. The summed E-state index contributed by atoms with van der Waals surface area (Å²) in [7, 11) is 0. The zero-order valence-corrected chi connectivity index (χ0v) is 14.7. The Labute approximate surface area is 148 Å². The van der Waals surface area contributed by atoms with Crippen molar-refractivity contribution in [2.75, 3.05) is 18.5 Å². The molecule has 0 aliphatic carbocycles. The molecule has 24 heavy (non-hydrogen) atoms. The molecule has 0 bridgehead atoms. The van der Waals surface area contributed by atoms with Crippen LogP contribution < -0.4 is 10.9 Å². The van der Waals surface area contributed by atoms with E-state index in [9.17, 15) is 4.79 Å². The van der Waals surface area contributed by atoms with Crippen molar-refractivity contribution in [2.24, 2.45) is 0 Å². The lowest BCUT2D eigenvalue weighted by molar-refractivity contribution is 0.130. The third-order valence-electron chi connectivity index (χ3n) is 3.36. The van der Waals surface area contributed by atoms with Crippen molar-refractivity contribution in [3.63, 3.8) is 0 Å². The zero-order valence-electron chi connectivity index (χ0n) is 13.2. The molecule has 2 aromatic heterocycles. The van der Waals surface area contributed by atoms with Crippen molar-refractivity contribution in [1.82, 2.24) is 14.6 Å². The zero-order chi connectivity index (χ0) is 16.9. The Morgan fingerprint density at radius 1 is 1.33 bits per heavy atom. The van der Waals surface area contributed by atoms with E-state index in [0.717, 1.165) is 17.7 Å². The third-order valence-corrected chi connectivity index (χ3v) is 4.48. The molecule has 0 amide bonds. The molecule has 2 heterocycles. The van der Waals surface area contributed by atoms with Gasteiger partial charge in [0.2, 0.25) is 10.1 Å². The molecule has 6 nitrogen and oxygen atoms in total. The van der Waals surface area contributed by atoms with Crippen LogP contribution in [0, 0.1) is 0 Å². The molecule has 1 aromatic carbocycles. The summed E-state index contributed by atoms with van der Waals surface area (Å²) >= 11 is 7.20. The number of fused-ring (bicyclic) bond motifs is 1. The van der Waals surface area contributed by atoms with Crippen LogP contribution in [0.15, 0.2) is 35.1 Å². The normalized spacial score (nSPS) is 11.1. The second-order valence-corrected chi connectivity index (χ2v) is 6.54. The monoisotopic (exact) mass is 364 g/mol. The standard InChI is InChI=1S/C16H17ClN4O2S/c1-2-13-9-14(22)21-16(19-13)24-15(20-21)18-7-8-23-10-11-3-5-12(17)6-4-11/h3-6,9H,2,7-8,10H2,1H3,(H,18,20). The summed E-state index contributed by atoms with van der Waals surface area (Å²) in [5.74, 6) is 0. The molecule has 126 valence electrons. The Morgan fingerprint density at radius 2 is 2.12 bits per heavy atom. The molecule has 0 unspecified atom stereocenters. The van der Waals surface area contributed by atoms with Gasteiger partial charge in [0.1, 0.15) is 0 Å². The van der Waals surface area contributed by atoms with Gasteiger partial charge in [0, 0.05) is 23.3 Å². The lowest BCUT2D eigenvalue weighted by Crippen LogP contribution is -2.15. The number of ether oxygens (including phenoxy) is 1. The van der Waals surface area contributed by atoms with Gasteiger partial charge in [0.25, 0.3) is 5.56 Å². The highest BCUT2D eigenvalue weighted by atomic mass is 35.5. The highest BCUT2D eigenvalue weighted by Crippen LogP contribution is 2.16. The van der Waals surface area contributed by atoms with Gasteiger partial charge in [-0.2, -0.15) is 4.52 Å². The Hall–Kier alpha value is -1.96. The molecule has 3 aromatic rings. The van der Waals surface area contributed by atoms with E-state index in [1.807, 2.05) is 31.2 Å². The van der Waals surface area contributed by atoms with E-state index < -0.39 is 0 Å². The average Bonchev–Trinajstić information content (AvgIpc) is 2.99. The van der Waals surface area contributed by atoms with Gasteiger partial charge in [0.15, 0.2) is 0 Å². The first-order valence-corrected chi connectivity index (χ1v) is 8.81. The van der Waals surface area contributed by atoms with Crippen molar-refractivity contribution in [3.05, 3.63) is 57.0 Å². The van der Waals surface area contributed by atoms with E-state index in [0.29, 0.717) is 34.9 Å². The van der Waals surface area contributed by atoms with Crippen molar-refractivity contribution in [2.45, 2.75) is 20.0 Å². The topological polar surface area (TPSA) is 68.5 Å². The quantitative estimate of drug-likeness (QED) is 0.653. The van der Waals surface area contributed by atoms with Crippen molar-refractivity contribution in [3.8, 4) is 0 Å². The summed E-state index contributed by atoms with van der Waals surface area (Å²) in [6, 6.07) is 9.08. The molecule has 0 saturated heterocycles. The minimum Gasteiger partial charge on any atom is -0.375 e. The summed E-state index contributed by atoms with van der Waals surface area (Å²) < 4.78 is 6.92. The summed E-state index contributed by atoms with van der Waals surface area (Å²) in [6.07, 6.45) is 0.727. The largest absolute Gasteiger partial charge is 0.375 e. The van der Waals surface area contributed by atoms with Gasteiger partial charge in [0.05, 0.1) is 13.2 Å². The fourth-order valence-corrected chi connectivity index (χ4v) is 3.09. The molecule has 0 spiro atoms. The molecule has 0 aliphatic heterocycles. The van der Waals surface area contributed by atoms with Gasteiger partial charge in [-0.05, 0) is 24.1 Å². The molecular formula is C16H17ClN4O2S. The number of aryl methyl sites for hydroxylation is 1. The van der Waals surface area contributed by atoms with Crippen LogP contribution >= 0.6 is 22.9 Å². The number of aromatic nitrogens is 3. The van der Waals surface area contributed by atoms with Gasteiger partial charge in [-0.1, -0.05) is 42.0 Å². The highest BCUT2D eigenvalue weighted by molar-refractivity contribution is 7.20. The molecule has 0 fully saturated rings. The summed E-state index contributed by atoms with van der Waals surface area (Å²) in [6.45, 7) is 3.62. The van der Waals surface area contributed by atoms with Gasteiger partial charge in [-0.3, -0.25) is 4.79 Å². The predicted octanol–water partition coefficient (Wildman–Crippen LogP) is 3.00. The highest BCUT2D eigenvalue weighted by Gasteiger charge is 2.07. The summed E-state index contributed by atoms with van der Waals surface area (Å²) in [4.78, 5) is 16.9. The summed E-state index contributed by atoms with van der Waals surface area (Å²) in [5, 5.41) is 8.76. The smallest absolute Gasteiger partial charge is 0.275 e. The Kier molecular flexibility index (Phi) is 5.44. The van der Waals surface area contributed by atoms with Crippen LogP contribution in [0.3, 0.4) is 0 Å². The van der Waals surface area contributed by atoms with E-state index in [2.05, 4.69) is 15.4 Å². The van der Waals surface area contributed by atoms with Gasteiger partial charge in [-0.15, -0.1) is 5.10 Å². The number of hydrogen-bond acceptors (Lipinski definition) is 6. The molecule has 0 atom stereocenters. The Balaban J connectivity index is 1.51. The number of benzene rings is 1. The first-order chi connectivity index (χ1) is 11.7.